The summed E-state index contributed by atoms with van der Waals surface area (Å²) in [5, 5.41) is 4.07. The quantitative estimate of drug-likeness (QED) is 0.768. The van der Waals surface area contributed by atoms with Gasteiger partial charge in [-0.15, -0.1) is 24.2 Å². The minimum absolute atomic E-state index is 0. The first-order valence-corrected chi connectivity index (χ1v) is 10.0. The fraction of sp³-hybridized carbons (Fsp3) is 0.556. The van der Waals surface area contributed by atoms with Crippen LogP contribution in [-0.2, 0) is 4.79 Å². The summed E-state index contributed by atoms with van der Waals surface area (Å²) in [7, 11) is 0. The standard InChI is InChI=1S/C18H23ClN2O2S.ClH/c19-16-3-1-13(2-4-16)17(22)11-24-12-18(23)21-7-5-14-9-20-10-15(14)6-8-21;/h1-4,14-15,20H,5-12H2;1H/t14-,15+;. The summed E-state index contributed by atoms with van der Waals surface area (Å²) in [6, 6.07) is 6.89. The maximum Gasteiger partial charge on any atom is 0.232 e. The predicted octanol–water partition coefficient (Wildman–Crippen LogP) is 3.14. The average molecular weight is 403 g/mol. The molecule has 0 radical (unpaired) electrons. The molecule has 2 atom stereocenters. The number of hydrogen-bond donors (Lipinski definition) is 1. The molecule has 2 fully saturated rings. The second-order valence-corrected chi connectivity index (χ2v) is 7.98. The number of Topliss-reactive ketones (excluding diaryl/α,β-unsaturated/α-hetero) is 1. The molecule has 3 rings (SSSR count). The van der Waals surface area contributed by atoms with Crippen molar-refractivity contribution in [2.45, 2.75) is 12.8 Å². The molecule has 2 aliphatic heterocycles. The van der Waals surface area contributed by atoms with Gasteiger partial charge in [0.2, 0.25) is 5.91 Å². The van der Waals surface area contributed by atoms with E-state index < -0.39 is 0 Å². The van der Waals surface area contributed by atoms with E-state index in [4.69, 9.17) is 11.6 Å². The van der Waals surface area contributed by atoms with E-state index in [0.29, 0.717) is 22.1 Å². The lowest BCUT2D eigenvalue weighted by atomic mass is 9.92. The molecule has 0 unspecified atom stereocenters. The van der Waals surface area contributed by atoms with Crippen LogP contribution in [0, 0.1) is 11.8 Å². The first-order valence-electron chi connectivity index (χ1n) is 8.48. The number of halogens is 2. The van der Waals surface area contributed by atoms with Crippen LogP contribution in [0.5, 0.6) is 0 Å². The van der Waals surface area contributed by atoms with E-state index in [1.165, 1.54) is 11.8 Å². The van der Waals surface area contributed by atoms with Crippen LogP contribution in [0.4, 0.5) is 0 Å². The summed E-state index contributed by atoms with van der Waals surface area (Å²) in [6.45, 7) is 3.90. The van der Waals surface area contributed by atoms with Crippen molar-refractivity contribution in [1.29, 1.82) is 0 Å². The number of hydrogen-bond acceptors (Lipinski definition) is 4. The predicted molar refractivity (Wildman–Crippen MR) is 106 cm³/mol. The Balaban J connectivity index is 0.00000225. The van der Waals surface area contributed by atoms with Gasteiger partial charge in [-0.05, 0) is 62.0 Å². The van der Waals surface area contributed by atoms with E-state index in [1.807, 2.05) is 4.90 Å². The maximum atomic E-state index is 12.4. The monoisotopic (exact) mass is 402 g/mol. The van der Waals surface area contributed by atoms with Crippen molar-refractivity contribution < 1.29 is 9.59 Å². The molecule has 0 saturated carbocycles. The van der Waals surface area contributed by atoms with Gasteiger partial charge in [-0.3, -0.25) is 9.59 Å². The molecule has 0 aromatic heterocycles. The Morgan fingerprint density at radius 2 is 1.68 bits per heavy atom. The molecule has 0 spiro atoms. The highest BCUT2D eigenvalue weighted by Gasteiger charge is 2.31. The third-order valence-electron chi connectivity index (χ3n) is 5.00. The molecule has 2 heterocycles. The van der Waals surface area contributed by atoms with Gasteiger partial charge >= 0.3 is 0 Å². The van der Waals surface area contributed by atoms with Crippen molar-refractivity contribution in [2.75, 3.05) is 37.7 Å². The van der Waals surface area contributed by atoms with Crippen molar-refractivity contribution in [2.24, 2.45) is 11.8 Å². The first kappa shape index (κ1) is 20.6. The normalized spacial score (nSPS) is 22.7. The number of likely N-dealkylation sites (tertiary alicyclic amines) is 1. The molecule has 7 heteroatoms. The van der Waals surface area contributed by atoms with Gasteiger partial charge in [-0.1, -0.05) is 11.6 Å². The van der Waals surface area contributed by atoms with Crippen LogP contribution in [0.15, 0.2) is 24.3 Å². The summed E-state index contributed by atoms with van der Waals surface area (Å²) in [5.74, 6) is 2.37. The summed E-state index contributed by atoms with van der Waals surface area (Å²) in [5.41, 5.74) is 0.648. The lowest BCUT2D eigenvalue weighted by Gasteiger charge is -2.20. The molecule has 2 saturated heterocycles. The molecular formula is C18H24Cl2N2O2S. The third-order valence-corrected chi connectivity index (χ3v) is 6.17. The lowest BCUT2D eigenvalue weighted by molar-refractivity contribution is -0.128. The Morgan fingerprint density at radius 1 is 1.08 bits per heavy atom. The summed E-state index contributed by atoms with van der Waals surface area (Å²) >= 11 is 7.23. The second-order valence-electron chi connectivity index (χ2n) is 6.56. The summed E-state index contributed by atoms with van der Waals surface area (Å²) < 4.78 is 0. The number of nitrogens with zero attached hydrogens (tertiary/aromatic N) is 1. The second kappa shape index (κ2) is 9.81. The van der Waals surface area contributed by atoms with Gasteiger partial charge in [0.15, 0.2) is 5.78 Å². The largest absolute Gasteiger partial charge is 0.342 e. The van der Waals surface area contributed by atoms with Crippen molar-refractivity contribution in [3.05, 3.63) is 34.9 Å². The van der Waals surface area contributed by atoms with E-state index in [0.717, 1.165) is 50.9 Å². The van der Waals surface area contributed by atoms with Gasteiger partial charge in [0, 0.05) is 23.7 Å². The van der Waals surface area contributed by atoms with Crippen LogP contribution in [0.3, 0.4) is 0 Å². The zero-order valence-corrected chi connectivity index (χ0v) is 16.5. The Labute approximate surface area is 164 Å². The first-order chi connectivity index (χ1) is 11.6. The van der Waals surface area contributed by atoms with Gasteiger partial charge in [0.25, 0.3) is 0 Å². The van der Waals surface area contributed by atoms with E-state index in [-0.39, 0.29) is 24.1 Å². The Bertz CT molecular complexity index is 583. The van der Waals surface area contributed by atoms with E-state index in [9.17, 15) is 9.59 Å². The maximum absolute atomic E-state index is 12.4. The highest BCUT2D eigenvalue weighted by atomic mass is 35.5. The van der Waals surface area contributed by atoms with Crippen molar-refractivity contribution in [3.63, 3.8) is 0 Å². The number of thioether (sulfide) groups is 1. The number of rotatable bonds is 5. The van der Waals surface area contributed by atoms with Gasteiger partial charge < -0.3 is 10.2 Å². The number of benzene rings is 1. The van der Waals surface area contributed by atoms with Crippen molar-refractivity contribution in [3.8, 4) is 0 Å². The van der Waals surface area contributed by atoms with Crippen LogP contribution in [-0.4, -0.2) is 54.3 Å². The van der Waals surface area contributed by atoms with Crippen molar-refractivity contribution in [1.82, 2.24) is 10.2 Å². The SMILES string of the molecule is Cl.O=C(CSCC(=O)N1CC[C@@H]2CNC[C@@H]2CC1)c1ccc(Cl)cc1. The minimum atomic E-state index is 0. The van der Waals surface area contributed by atoms with E-state index in [2.05, 4.69) is 5.32 Å². The Morgan fingerprint density at radius 3 is 2.28 bits per heavy atom. The van der Waals surface area contributed by atoms with Crippen LogP contribution >= 0.6 is 35.8 Å². The fourth-order valence-electron chi connectivity index (χ4n) is 3.51. The molecule has 4 nitrogen and oxygen atoms in total. The molecular weight excluding hydrogens is 379 g/mol. The Hall–Kier alpha value is -0.750. The van der Waals surface area contributed by atoms with Gasteiger partial charge in [-0.2, -0.15) is 0 Å². The number of carbonyl (C=O) groups excluding carboxylic acids is 2. The van der Waals surface area contributed by atoms with Crippen LogP contribution in [0.1, 0.15) is 23.2 Å². The number of ketones is 1. The van der Waals surface area contributed by atoms with Crippen LogP contribution in [0.2, 0.25) is 5.02 Å². The summed E-state index contributed by atoms with van der Waals surface area (Å²) in [6.07, 6.45) is 2.19. The van der Waals surface area contributed by atoms with E-state index >= 15 is 0 Å². The topological polar surface area (TPSA) is 49.4 Å². The minimum Gasteiger partial charge on any atom is -0.342 e. The van der Waals surface area contributed by atoms with E-state index in [1.54, 1.807) is 24.3 Å². The fourth-order valence-corrected chi connectivity index (χ4v) is 4.45. The molecule has 1 amide bonds. The van der Waals surface area contributed by atoms with Crippen molar-refractivity contribution >= 4 is 47.5 Å². The number of carbonyl (C=O) groups is 2. The molecule has 1 N–H and O–H groups in total. The molecule has 2 aliphatic rings. The zero-order valence-electron chi connectivity index (χ0n) is 14.1. The highest BCUT2D eigenvalue weighted by Crippen LogP contribution is 2.27. The molecule has 25 heavy (non-hydrogen) atoms. The Kier molecular flexibility index (Phi) is 8.07. The molecule has 0 bridgehead atoms. The number of amides is 1. The molecule has 1 aromatic rings. The van der Waals surface area contributed by atoms with Gasteiger partial charge in [0.1, 0.15) is 0 Å². The smallest absolute Gasteiger partial charge is 0.232 e. The van der Waals surface area contributed by atoms with Gasteiger partial charge in [0.05, 0.1) is 11.5 Å². The molecule has 0 aliphatic carbocycles. The van der Waals surface area contributed by atoms with Gasteiger partial charge in [-0.25, -0.2) is 0 Å². The zero-order chi connectivity index (χ0) is 16.9. The summed E-state index contributed by atoms with van der Waals surface area (Å²) in [4.78, 5) is 26.5. The molecule has 1 aromatic carbocycles. The molecule has 138 valence electrons. The number of nitrogens with one attached hydrogen (secondary N) is 1. The average Bonchev–Trinajstić information content (AvgIpc) is 2.93. The van der Waals surface area contributed by atoms with Crippen LogP contribution < -0.4 is 5.32 Å². The third kappa shape index (κ3) is 5.61. The highest BCUT2D eigenvalue weighted by molar-refractivity contribution is 8.00. The lowest BCUT2D eigenvalue weighted by Crippen LogP contribution is -2.34. The van der Waals surface area contributed by atoms with Crippen LogP contribution in [0.25, 0.3) is 0 Å². The number of fused-ring (bicyclic) bond motifs is 1.